The lowest BCUT2D eigenvalue weighted by Gasteiger charge is -2.17. The molecule has 0 radical (unpaired) electrons. The molecule has 2 aromatic rings. The third-order valence-corrected chi connectivity index (χ3v) is 5.64. The number of aryl methyl sites for hydroxylation is 2. The molecule has 0 saturated heterocycles. The number of imidazole rings is 1. The van der Waals surface area contributed by atoms with Crippen LogP contribution < -0.4 is 5.32 Å². The third kappa shape index (κ3) is 6.09. The van der Waals surface area contributed by atoms with Crippen LogP contribution in [0.4, 0.5) is 8.78 Å². The number of carbonyl (C=O) groups excluding carboxylic acids is 1. The minimum Gasteiger partial charge on any atom is -0.478 e. The molecule has 6 nitrogen and oxygen atoms in total. The lowest BCUT2D eigenvalue weighted by molar-refractivity contribution is -0.121. The van der Waals surface area contributed by atoms with Crippen LogP contribution in [0.5, 0.6) is 0 Å². The molecule has 0 aliphatic rings. The molecule has 0 spiro atoms. The topological polar surface area (TPSA) is 84.2 Å². The highest BCUT2D eigenvalue weighted by atomic mass is 32.1. The van der Waals surface area contributed by atoms with Crippen LogP contribution in [0.3, 0.4) is 0 Å². The van der Waals surface area contributed by atoms with E-state index in [2.05, 4.69) is 22.9 Å². The average molecular weight is 468 g/mol. The van der Waals surface area contributed by atoms with E-state index >= 15 is 0 Å². The Kier molecular flexibility index (Phi) is 9.24. The number of aromatic nitrogens is 2. The Morgan fingerprint density at radius 1 is 1.22 bits per heavy atom. The number of amides is 1. The fourth-order valence-electron chi connectivity index (χ4n) is 3.56. The van der Waals surface area contributed by atoms with Crippen LogP contribution in [0, 0.1) is 17.6 Å². The highest BCUT2D eigenvalue weighted by Gasteiger charge is 2.22. The summed E-state index contributed by atoms with van der Waals surface area (Å²) >= 11 is 4.38. The molecule has 1 atom stereocenters. The number of hydrogen-bond acceptors (Lipinski definition) is 4. The van der Waals surface area contributed by atoms with E-state index < -0.39 is 28.4 Å². The van der Waals surface area contributed by atoms with Gasteiger partial charge in [0, 0.05) is 12.0 Å². The minimum absolute atomic E-state index is 0.0179. The number of aromatic carboxylic acids is 1. The molecular weight excluding hydrogens is 436 g/mol. The van der Waals surface area contributed by atoms with Crippen LogP contribution in [0.15, 0.2) is 12.1 Å². The zero-order chi connectivity index (χ0) is 24.0. The van der Waals surface area contributed by atoms with Crippen molar-refractivity contribution in [1.29, 1.82) is 0 Å². The molecule has 0 unspecified atom stereocenters. The Labute approximate surface area is 192 Å². The Morgan fingerprint density at radius 2 is 1.91 bits per heavy atom. The van der Waals surface area contributed by atoms with Crippen molar-refractivity contribution in [1.82, 2.24) is 14.9 Å². The number of rotatable bonds is 11. The van der Waals surface area contributed by atoms with E-state index in [1.165, 1.54) is 6.07 Å². The number of benzene rings is 1. The summed E-state index contributed by atoms with van der Waals surface area (Å²) in [4.78, 5) is 28.2. The quantitative estimate of drug-likeness (QED) is 0.428. The second-order valence-corrected chi connectivity index (χ2v) is 8.80. The Bertz CT molecular complexity index is 976. The van der Waals surface area contributed by atoms with Crippen molar-refractivity contribution in [3.63, 3.8) is 0 Å². The van der Waals surface area contributed by atoms with Gasteiger partial charge in [0.05, 0.1) is 35.3 Å². The van der Waals surface area contributed by atoms with E-state index in [9.17, 15) is 18.4 Å². The first-order valence-electron chi connectivity index (χ1n) is 10.8. The summed E-state index contributed by atoms with van der Waals surface area (Å²) in [5, 5.41) is 11.5. The molecule has 2 rings (SSSR count). The van der Waals surface area contributed by atoms with Gasteiger partial charge in [0.25, 0.3) is 0 Å². The largest absolute Gasteiger partial charge is 0.478 e. The third-order valence-electron chi connectivity index (χ3n) is 5.19. The highest BCUT2D eigenvalue weighted by molar-refractivity contribution is 7.81. The number of thiol groups is 1. The average Bonchev–Trinajstić information content (AvgIpc) is 3.05. The van der Waals surface area contributed by atoms with Crippen molar-refractivity contribution in [3.05, 3.63) is 52.1 Å². The van der Waals surface area contributed by atoms with Gasteiger partial charge in [0.2, 0.25) is 5.91 Å². The van der Waals surface area contributed by atoms with Crippen molar-refractivity contribution in [2.45, 2.75) is 71.7 Å². The van der Waals surface area contributed by atoms with Crippen LogP contribution in [0.2, 0.25) is 0 Å². The van der Waals surface area contributed by atoms with Crippen LogP contribution in [0.25, 0.3) is 0 Å². The molecular formula is C23H31F2N3O3S. The molecule has 2 N–H and O–H groups in total. The fourth-order valence-corrected chi connectivity index (χ4v) is 4.08. The Hall–Kier alpha value is -2.42. The summed E-state index contributed by atoms with van der Waals surface area (Å²) in [6.07, 6.45) is 2.67. The first-order chi connectivity index (χ1) is 15.1. The Morgan fingerprint density at radius 3 is 2.47 bits per heavy atom. The van der Waals surface area contributed by atoms with Crippen molar-refractivity contribution in [3.8, 4) is 0 Å². The van der Waals surface area contributed by atoms with Gasteiger partial charge in [-0.05, 0) is 31.2 Å². The molecule has 0 aliphatic carbocycles. The monoisotopic (exact) mass is 467 g/mol. The highest BCUT2D eigenvalue weighted by Crippen LogP contribution is 2.22. The first kappa shape index (κ1) is 25.8. The van der Waals surface area contributed by atoms with E-state index in [0.29, 0.717) is 31.0 Å². The lowest BCUT2D eigenvalue weighted by atomic mass is 10.1. The maximum Gasteiger partial charge on any atom is 0.338 e. The number of carbonyl (C=O) groups is 2. The predicted octanol–water partition coefficient (Wildman–Crippen LogP) is 4.38. The van der Waals surface area contributed by atoms with Crippen molar-refractivity contribution in [2.75, 3.05) is 0 Å². The summed E-state index contributed by atoms with van der Waals surface area (Å²) in [6.45, 7) is 8.13. The van der Waals surface area contributed by atoms with Crippen molar-refractivity contribution >= 4 is 24.5 Å². The Balaban J connectivity index is 2.39. The second-order valence-electron chi connectivity index (χ2n) is 8.18. The summed E-state index contributed by atoms with van der Waals surface area (Å²) in [6, 6.07) is 2.34. The van der Waals surface area contributed by atoms with Crippen LogP contribution in [-0.4, -0.2) is 31.8 Å². The normalized spacial score (nSPS) is 12.2. The predicted molar refractivity (Wildman–Crippen MR) is 122 cm³/mol. The molecule has 1 aromatic heterocycles. The van der Waals surface area contributed by atoms with Crippen molar-refractivity contribution in [2.24, 2.45) is 5.92 Å². The molecule has 1 heterocycles. The second kappa shape index (κ2) is 11.4. The maximum atomic E-state index is 14.6. The van der Waals surface area contributed by atoms with Gasteiger partial charge in [-0.3, -0.25) is 4.79 Å². The molecule has 32 heavy (non-hydrogen) atoms. The fraction of sp³-hybridized carbons (Fsp3) is 0.522. The van der Waals surface area contributed by atoms with E-state index in [1.54, 1.807) is 4.57 Å². The van der Waals surface area contributed by atoms with Gasteiger partial charge in [-0.25, -0.2) is 18.6 Å². The van der Waals surface area contributed by atoms with Gasteiger partial charge in [-0.2, -0.15) is 12.6 Å². The van der Waals surface area contributed by atoms with E-state index in [0.717, 1.165) is 23.9 Å². The molecule has 1 aromatic carbocycles. The van der Waals surface area contributed by atoms with Crippen LogP contribution in [0.1, 0.15) is 73.7 Å². The van der Waals surface area contributed by atoms with E-state index in [4.69, 9.17) is 5.11 Å². The number of nitrogens with zero attached hydrogens (tertiary/aromatic N) is 2. The van der Waals surface area contributed by atoms with Crippen LogP contribution >= 0.6 is 12.6 Å². The summed E-state index contributed by atoms with van der Waals surface area (Å²) < 4.78 is 30.7. The zero-order valence-corrected chi connectivity index (χ0v) is 19.8. The SMILES string of the molecule is CCCc1nc(CC)c(CNC(=O)[C@@H](S)CC(C)C)n1Cc1ccc(C(=O)O)c(F)c1F. The summed E-state index contributed by atoms with van der Waals surface area (Å²) in [7, 11) is 0. The molecule has 176 valence electrons. The number of nitrogens with one attached hydrogen (secondary N) is 1. The summed E-state index contributed by atoms with van der Waals surface area (Å²) in [5.41, 5.74) is 0.801. The minimum atomic E-state index is -1.53. The van der Waals surface area contributed by atoms with Crippen molar-refractivity contribution < 1.29 is 23.5 Å². The van der Waals surface area contributed by atoms with Crippen LogP contribution in [-0.2, 0) is 30.7 Å². The number of hydrogen-bond donors (Lipinski definition) is 3. The molecule has 0 saturated carbocycles. The van der Waals surface area contributed by atoms with E-state index in [-0.39, 0.29) is 24.6 Å². The van der Waals surface area contributed by atoms with Gasteiger partial charge in [-0.1, -0.05) is 33.8 Å². The maximum absolute atomic E-state index is 14.6. The zero-order valence-electron chi connectivity index (χ0n) is 18.9. The standard InChI is InChI=1S/C23H31F2N3O3S/c1-5-7-19-27-16(6-2)17(11-26-22(29)18(32)10-13(3)4)28(19)12-14-8-9-15(23(30)31)21(25)20(14)24/h8-9,13,18,32H,5-7,10-12H2,1-4H3,(H,26,29)(H,30,31)/t18-/m0/s1. The lowest BCUT2D eigenvalue weighted by Crippen LogP contribution is -2.33. The smallest absolute Gasteiger partial charge is 0.338 e. The summed E-state index contributed by atoms with van der Waals surface area (Å²) in [5.74, 6) is -3.27. The molecule has 1 amide bonds. The molecule has 0 aliphatic heterocycles. The van der Waals surface area contributed by atoms with Gasteiger partial charge in [0.15, 0.2) is 11.6 Å². The first-order valence-corrected chi connectivity index (χ1v) is 11.3. The van der Waals surface area contributed by atoms with Gasteiger partial charge in [0.1, 0.15) is 5.82 Å². The number of carboxylic acids is 1. The van der Waals surface area contributed by atoms with E-state index in [1.807, 2.05) is 27.7 Å². The van der Waals surface area contributed by atoms with Gasteiger partial charge >= 0.3 is 5.97 Å². The number of halogens is 2. The molecule has 9 heteroatoms. The molecule has 0 fully saturated rings. The van der Waals surface area contributed by atoms with Gasteiger partial charge in [-0.15, -0.1) is 0 Å². The number of carboxylic acid groups (broad SMARTS) is 1. The molecule has 0 bridgehead atoms. The van der Waals surface area contributed by atoms with Gasteiger partial charge < -0.3 is 15.0 Å².